The molecule has 1 N–H and O–H groups in total. The molecule has 1 amide bonds. The quantitative estimate of drug-likeness (QED) is 0.492. The third kappa shape index (κ3) is 4.70. The number of fused-ring (bicyclic) bond motifs is 1. The van der Waals surface area contributed by atoms with Crippen LogP contribution in [0, 0.1) is 0 Å². The van der Waals surface area contributed by atoms with Crippen LogP contribution in [0.1, 0.15) is 13.8 Å². The maximum atomic E-state index is 12.9. The van der Waals surface area contributed by atoms with Crippen molar-refractivity contribution in [3.63, 3.8) is 0 Å². The molecular weight excluding hydrogens is 436 g/mol. The molecule has 0 aliphatic heterocycles. The number of amides is 1. The van der Waals surface area contributed by atoms with Gasteiger partial charge in [-0.25, -0.2) is 13.4 Å². The molecule has 1 aromatic heterocycles. The highest BCUT2D eigenvalue weighted by Gasteiger charge is 2.23. The van der Waals surface area contributed by atoms with Gasteiger partial charge in [0.05, 0.1) is 28.8 Å². The summed E-state index contributed by atoms with van der Waals surface area (Å²) in [6.45, 7) is 4.41. The van der Waals surface area contributed by atoms with Crippen molar-refractivity contribution < 1.29 is 17.9 Å². The van der Waals surface area contributed by atoms with Gasteiger partial charge in [-0.2, -0.15) is 4.31 Å². The molecule has 0 spiro atoms. The lowest BCUT2D eigenvalue weighted by Crippen LogP contribution is -2.30. The molecule has 166 valence electrons. The largest absolute Gasteiger partial charge is 0.497 e. The number of hydrogen-bond acceptors (Lipinski definition) is 6. The number of ether oxygens (including phenoxy) is 1. The van der Waals surface area contributed by atoms with E-state index in [1.807, 2.05) is 42.7 Å². The minimum absolute atomic E-state index is 0.122. The van der Waals surface area contributed by atoms with Gasteiger partial charge in [0, 0.05) is 25.8 Å². The second-order valence-electron chi connectivity index (χ2n) is 6.63. The van der Waals surface area contributed by atoms with Gasteiger partial charge >= 0.3 is 0 Å². The van der Waals surface area contributed by atoms with Crippen molar-refractivity contribution in [3.05, 3.63) is 42.5 Å². The first-order valence-electron chi connectivity index (χ1n) is 9.86. The molecule has 2 aromatic carbocycles. The van der Waals surface area contributed by atoms with Crippen molar-refractivity contribution in [1.82, 2.24) is 19.2 Å². The monoisotopic (exact) mass is 462 g/mol. The van der Waals surface area contributed by atoms with Crippen molar-refractivity contribution in [2.45, 2.75) is 23.9 Å². The fourth-order valence-corrected chi connectivity index (χ4v) is 5.57. The van der Waals surface area contributed by atoms with Crippen LogP contribution < -0.4 is 10.1 Å². The molecule has 0 radical (unpaired) electrons. The Morgan fingerprint density at radius 1 is 1.16 bits per heavy atom. The molecule has 0 aliphatic rings. The Morgan fingerprint density at radius 2 is 1.84 bits per heavy atom. The van der Waals surface area contributed by atoms with E-state index in [4.69, 9.17) is 4.74 Å². The van der Waals surface area contributed by atoms with Crippen molar-refractivity contribution in [2.75, 3.05) is 33.0 Å². The van der Waals surface area contributed by atoms with Crippen molar-refractivity contribution >= 4 is 38.7 Å². The topological polar surface area (TPSA) is 93.5 Å². The predicted molar refractivity (Wildman–Crippen MR) is 123 cm³/mol. The zero-order valence-electron chi connectivity index (χ0n) is 18.0. The summed E-state index contributed by atoms with van der Waals surface area (Å²) in [6.07, 6.45) is 0. The number of hydrogen-bond donors (Lipinski definition) is 1. The number of carbonyl (C=O) groups is 1. The number of rotatable bonds is 9. The molecule has 1 heterocycles. The van der Waals surface area contributed by atoms with E-state index in [1.165, 1.54) is 16.1 Å². The molecule has 0 fully saturated rings. The van der Waals surface area contributed by atoms with E-state index in [0.717, 1.165) is 17.0 Å². The van der Waals surface area contributed by atoms with Crippen LogP contribution in [0.5, 0.6) is 5.75 Å². The van der Waals surface area contributed by atoms with Crippen LogP contribution in [0.4, 0.5) is 0 Å². The summed E-state index contributed by atoms with van der Waals surface area (Å²) in [5, 5.41) is 3.20. The zero-order chi connectivity index (χ0) is 22.6. The highest BCUT2D eigenvalue weighted by atomic mass is 32.2. The number of carbonyl (C=O) groups excluding carboxylic acids is 1. The molecule has 0 aliphatic carbocycles. The molecule has 10 heteroatoms. The SMILES string of the molecule is CCN(CC)S(=O)(=O)c1ccc2c(c1)nc(SCC(=O)NC)n2-c1ccc(OC)cc1. The summed E-state index contributed by atoms with van der Waals surface area (Å²) in [6, 6.07) is 12.4. The molecule has 31 heavy (non-hydrogen) atoms. The Kier molecular flexibility index (Phi) is 7.24. The summed E-state index contributed by atoms with van der Waals surface area (Å²) in [4.78, 5) is 16.6. The second kappa shape index (κ2) is 9.71. The predicted octanol–water partition coefficient (Wildman–Crippen LogP) is 2.90. The van der Waals surface area contributed by atoms with Crippen LogP contribution >= 0.6 is 11.8 Å². The van der Waals surface area contributed by atoms with E-state index in [9.17, 15) is 13.2 Å². The molecule has 3 aromatic rings. The van der Waals surface area contributed by atoms with E-state index >= 15 is 0 Å². The first-order chi connectivity index (χ1) is 14.8. The highest BCUT2D eigenvalue weighted by molar-refractivity contribution is 7.99. The summed E-state index contributed by atoms with van der Waals surface area (Å²) in [5.74, 6) is 0.795. The van der Waals surface area contributed by atoms with E-state index < -0.39 is 10.0 Å². The summed E-state index contributed by atoms with van der Waals surface area (Å²) >= 11 is 1.29. The number of imidazole rings is 1. The number of benzene rings is 2. The molecule has 0 unspecified atom stereocenters. The number of sulfonamides is 1. The number of methoxy groups -OCH3 is 1. The standard InChI is InChI=1S/C21H26N4O4S2/c1-5-24(6-2)31(27,28)17-11-12-19-18(13-17)23-21(30-14-20(26)22-3)25(19)15-7-9-16(29-4)10-8-15/h7-13H,5-6,14H2,1-4H3,(H,22,26). The molecule has 0 bridgehead atoms. The van der Waals surface area contributed by atoms with Gasteiger partial charge in [-0.15, -0.1) is 0 Å². The highest BCUT2D eigenvalue weighted by Crippen LogP contribution is 2.30. The van der Waals surface area contributed by atoms with Crippen LogP contribution in [-0.4, -0.2) is 61.2 Å². The zero-order valence-corrected chi connectivity index (χ0v) is 19.6. The van der Waals surface area contributed by atoms with E-state index in [1.54, 1.807) is 32.4 Å². The lowest BCUT2D eigenvalue weighted by atomic mass is 10.2. The summed E-state index contributed by atoms with van der Waals surface area (Å²) in [7, 11) is -0.419. The summed E-state index contributed by atoms with van der Waals surface area (Å²) in [5.41, 5.74) is 2.13. The van der Waals surface area contributed by atoms with Gasteiger partial charge in [0.1, 0.15) is 5.75 Å². The smallest absolute Gasteiger partial charge is 0.243 e. The van der Waals surface area contributed by atoms with Crippen LogP contribution in [0.3, 0.4) is 0 Å². The molecular formula is C21H26N4O4S2. The fourth-order valence-electron chi connectivity index (χ4n) is 3.19. The van der Waals surface area contributed by atoms with Gasteiger partial charge in [-0.3, -0.25) is 9.36 Å². The molecule has 0 saturated heterocycles. The fraction of sp³-hybridized carbons (Fsp3) is 0.333. The minimum Gasteiger partial charge on any atom is -0.497 e. The number of thioether (sulfide) groups is 1. The van der Waals surface area contributed by atoms with Gasteiger partial charge in [0.25, 0.3) is 0 Å². The Hall–Kier alpha value is -2.56. The number of nitrogens with one attached hydrogen (secondary N) is 1. The van der Waals surface area contributed by atoms with Crippen molar-refractivity contribution in [2.24, 2.45) is 0 Å². The molecule has 0 atom stereocenters. The van der Waals surface area contributed by atoms with E-state index in [0.29, 0.717) is 23.8 Å². The molecule has 8 nitrogen and oxygen atoms in total. The average Bonchev–Trinajstić information content (AvgIpc) is 3.15. The first kappa shape index (κ1) is 23.1. The van der Waals surface area contributed by atoms with Crippen LogP contribution in [0.2, 0.25) is 0 Å². The second-order valence-corrected chi connectivity index (χ2v) is 9.51. The van der Waals surface area contributed by atoms with Gasteiger partial charge in [-0.1, -0.05) is 25.6 Å². The Morgan fingerprint density at radius 3 is 2.42 bits per heavy atom. The Bertz CT molecular complexity index is 1170. The Balaban J connectivity index is 2.14. The third-order valence-corrected chi connectivity index (χ3v) is 7.86. The van der Waals surface area contributed by atoms with Crippen LogP contribution in [0.15, 0.2) is 52.5 Å². The maximum absolute atomic E-state index is 12.9. The lowest BCUT2D eigenvalue weighted by molar-refractivity contribution is -0.118. The normalized spacial score (nSPS) is 11.8. The van der Waals surface area contributed by atoms with E-state index in [-0.39, 0.29) is 16.6 Å². The van der Waals surface area contributed by atoms with Crippen LogP contribution in [0.25, 0.3) is 16.7 Å². The minimum atomic E-state index is -3.60. The maximum Gasteiger partial charge on any atom is 0.243 e. The third-order valence-electron chi connectivity index (χ3n) is 4.88. The van der Waals surface area contributed by atoms with E-state index in [2.05, 4.69) is 10.3 Å². The molecule has 0 saturated carbocycles. The van der Waals surface area contributed by atoms with Gasteiger partial charge in [-0.05, 0) is 42.5 Å². The molecule has 3 rings (SSSR count). The Labute approximate surface area is 186 Å². The first-order valence-corrected chi connectivity index (χ1v) is 12.3. The van der Waals surface area contributed by atoms with Gasteiger partial charge < -0.3 is 10.1 Å². The summed E-state index contributed by atoms with van der Waals surface area (Å²) < 4.78 is 34.5. The average molecular weight is 463 g/mol. The van der Waals surface area contributed by atoms with Gasteiger partial charge in [0.2, 0.25) is 15.9 Å². The van der Waals surface area contributed by atoms with Crippen LogP contribution in [-0.2, 0) is 14.8 Å². The lowest BCUT2D eigenvalue weighted by Gasteiger charge is -2.18. The van der Waals surface area contributed by atoms with Crippen molar-refractivity contribution in [3.8, 4) is 11.4 Å². The van der Waals surface area contributed by atoms with Gasteiger partial charge in [0.15, 0.2) is 5.16 Å². The number of nitrogens with zero attached hydrogens (tertiary/aromatic N) is 3. The van der Waals surface area contributed by atoms with Crippen molar-refractivity contribution in [1.29, 1.82) is 0 Å². The number of aromatic nitrogens is 2.